The maximum atomic E-state index is 12.7. The molecule has 148 valence electrons. The Morgan fingerprint density at radius 3 is 2.25 bits per heavy atom. The monoisotopic (exact) mass is 401 g/mol. The van der Waals surface area contributed by atoms with Crippen molar-refractivity contribution < 1.29 is 18.0 Å². The summed E-state index contributed by atoms with van der Waals surface area (Å²) in [7, 11) is -0.0662. The number of fused-ring (bicyclic) bond motifs is 1. The Labute approximate surface area is 164 Å². The van der Waals surface area contributed by atoms with Gasteiger partial charge in [-0.1, -0.05) is 31.2 Å². The van der Waals surface area contributed by atoms with Crippen LogP contribution >= 0.6 is 0 Å². The molecular weight excluding hydrogens is 378 g/mol. The van der Waals surface area contributed by atoms with Crippen molar-refractivity contribution in [1.82, 2.24) is 14.9 Å². The van der Waals surface area contributed by atoms with Crippen LogP contribution in [0, 0.1) is 0 Å². The summed E-state index contributed by atoms with van der Waals surface area (Å²) < 4.78 is 28.1. The van der Waals surface area contributed by atoms with Gasteiger partial charge in [-0.05, 0) is 49.8 Å². The van der Waals surface area contributed by atoms with Crippen LogP contribution in [0.5, 0.6) is 0 Å². The molecule has 2 N–H and O–H groups in total. The average Bonchev–Trinajstić information content (AvgIpc) is 2.95. The largest absolute Gasteiger partial charge is 0.301 e. The second kappa shape index (κ2) is 7.83. The molecule has 1 aliphatic heterocycles. The van der Waals surface area contributed by atoms with Crippen LogP contribution in [0.2, 0.25) is 0 Å². The van der Waals surface area contributed by atoms with Crippen molar-refractivity contribution in [3.05, 3.63) is 64.7 Å². The molecule has 0 fully saturated rings. The third-order valence-electron chi connectivity index (χ3n) is 4.88. The fourth-order valence-electron chi connectivity index (χ4n) is 3.16. The van der Waals surface area contributed by atoms with E-state index in [9.17, 15) is 18.0 Å². The lowest BCUT2D eigenvalue weighted by Crippen LogP contribution is -2.34. The maximum Gasteiger partial charge on any atom is 0.258 e. The van der Waals surface area contributed by atoms with Crippen LogP contribution in [0.3, 0.4) is 0 Å². The van der Waals surface area contributed by atoms with Gasteiger partial charge in [0, 0.05) is 12.6 Å². The normalized spacial score (nSPS) is 14.9. The number of hydrogen-bond donors (Lipinski definition) is 2. The van der Waals surface area contributed by atoms with E-state index in [0.717, 1.165) is 12.0 Å². The number of imide groups is 1. The Hall–Kier alpha value is -2.55. The molecule has 3 rings (SSSR count). The van der Waals surface area contributed by atoms with Crippen LogP contribution < -0.4 is 10.0 Å². The van der Waals surface area contributed by atoms with Crippen molar-refractivity contribution in [2.75, 3.05) is 20.6 Å². The zero-order valence-corrected chi connectivity index (χ0v) is 16.8. The molecule has 0 aromatic heterocycles. The number of likely N-dealkylation sites (N-methyl/N-ethyl adjacent to an activating group) is 1. The molecule has 1 atom stereocenters. The lowest BCUT2D eigenvalue weighted by molar-refractivity contribution is 0.0879. The van der Waals surface area contributed by atoms with E-state index in [0.29, 0.717) is 0 Å². The van der Waals surface area contributed by atoms with Gasteiger partial charge in [0.15, 0.2) is 0 Å². The number of carbonyl (C=O) groups is 2. The summed E-state index contributed by atoms with van der Waals surface area (Å²) in [5.74, 6) is -1.10. The highest BCUT2D eigenvalue weighted by molar-refractivity contribution is 7.89. The van der Waals surface area contributed by atoms with Gasteiger partial charge in [-0.3, -0.25) is 14.9 Å². The zero-order valence-electron chi connectivity index (χ0n) is 16.0. The van der Waals surface area contributed by atoms with Crippen LogP contribution in [0.15, 0.2) is 47.4 Å². The molecule has 7 nitrogen and oxygen atoms in total. The van der Waals surface area contributed by atoms with Crippen molar-refractivity contribution in [3.8, 4) is 0 Å². The van der Waals surface area contributed by atoms with Gasteiger partial charge in [0.1, 0.15) is 0 Å². The number of nitrogens with zero attached hydrogens (tertiary/aromatic N) is 1. The number of rotatable bonds is 7. The van der Waals surface area contributed by atoms with Crippen molar-refractivity contribution >= 4 is 21.8 Å². The summed E-state index contributed by atoms with van der Waals surface area (Å²) >= 11 is 0. The summed E-state index contributed by atoms with van der Waals surface area (Å²) in [5, 5.41) is 2.16. The molecule has 0 bridgehead atoms. The first-order valence-electron chi connectivity index (χ1n) is 8.97. The summed E-state index contributed by atoms with van der Waals surface area (Å²) in [6.07, 6.45) is 0.938. The molecule has 0 aliphatic carbocycles. The lowest BCUT2D eigenvalue weighted by Gasteiger charge is -2.25. The molecular formula is C20H23N3O4S. The Kier molecular flexibility index (Phi) is 5.64. The number of amides is 2. The second-order valence-corrected chi connectivity index (χ2v) is 8.68. The number of carbonyl (C=O) groups excluding carboxylic acids is 2. The van der Waals surface area contributed by atoms with E-state index >= 15 is 0 Å². The molecule has 0 saturated heterocycles. The van der Waals surface area contributed by atoms with Crippen molar-refractivity contribution in [2.45, 2.75) is 24.3 Å². The van der Waals surface area contributed by atoms with E-state index in [1.54, 1.807) is 0 Å². The van der Waals surface area contributed by atoms with Crippen LogP contribution in [0.1, 0.15) is 44.8 Å². The van der Waals surface area contributed by atoms with Crippen LogP contribution in [-0.4, -0.2) is 45.8 Å². The number of nitrogens with one attached hydrogen (secondary N) is 2. The Morgan fingerprint density at radius 1 is 1.00 bits per heavy atom. The van der Waals surface area contributed by atoms with Gasteiger partial charge in [0.2, 0.25) is 10.0 Å². The van der Waals surface area contributed by atoms with Crippen molar-refractivity contribution in [2.24, 2.45) is 0 Å². The van der Waals surface area contributed by atoms with Crippen molar-refractivity contribution in [3.63, 3.8) is 0 Å². The minimum atomic E-state index is -3.84. The van der Waals surface area contributed by atoms with Crippen LogP contribution in [-0.2, 0) is 16.4 Å². The number of aryl methyl sites for hydroxylation is 1. The fourth-order valence-corrected chi connectivity index (χ4v) is 4.22. The highest BCUT2D eigenvalue weighted by Gasteiger charge is 2.29. The maximum absolute atomic E-state index is 12.7. The smallest absolute Gasteiger partial charge is 0.258 e. The summed E-state index contributed by atoms with van der Waals surface area (Å²) in [4.78, 5) is 25.3. The SMILES string of the molecule is CCc1ccc(C(CNS(=O)(=O)c2ccc3c(c2)C(=O)NC3=O)N(C)C)cc1. The fraction of sp³-hybridized carbons (Fsp3) is 0.300. The summed E-state index contributed by atoms with van der Waals surface area (Å²) in [5.41, 5.74) is 2.48. The van der Waals surface area contributed by atoms with E-state index in [2.05, 4.69) is 17.0 Å². The van der Waals surface area contributed by atoms with E-state index in [4.69, 9.17) is 0 Å². The zero-order chi connectivity index (χ0) is 20.5. The Balaban J connectivity index is 1.80. The van der Waals surface area contributed by atoms with Gasteiger partial charge in [-0.2, -0.15) is 0 Å². The molecule has 8 heteroatoms. The molecule has 0 radical (unpaired) electrons. The summed E-state index contributed by atoms with van der Waals surface area (Å²) in [6.45, 7) is 2.25. The number of benzene rings is 2. The predicted molar refractivity (Wildman–Crippen MR) is 106 cm³/mol. The summed E-state index contributed by atoms with van der Waals surface area (Å²) in [6, 6.07) is 11.9. The van der Waals surface area contributed by atoms with E-state index < -0.39 is 21.8 Å². The third-order valence-corrected chi connectivity index (χ3v) is 6.30. The van der Waals surface area contributed by atoms with E-state index in [-0.39, 0.29) is 28.6 Å². The number of sulfonamides is 1. The highest BCUT2D eigenvalue weighted by Crippen LogP contribution is 2.22. The predicted octanol–water partition coefficient (Wildman–Crippen LogP) is 1.71. The third kappa shape index (κ3) is 3.99. The lowest BCUT2D eigenvalue weighted by atomic mass is 10.0. The van der Waals surface area contributed by atoms with Gasteiger partial charge < -0.3 is 4.90 Å². The molecule has 1 aliphatic rings. The standard InChI is InChI=1S/C20H23N3O4S/c1-4-13-5-7-14(8-6-13)18(23(2)3)12-21-28(26,27)15-9-10-16-17(11-15)20(25)22-19(16)24/h5-11,18,21H,4,12H2,1-3H3,(H,22,24,25). The Morgan fingerprint density at radius 2 is 1.64 bits per heavy atom. The van der Waals surface area contributed by atoms with Gasteiger partial charge >= 0.3 is 0 Å². The van der Waals surface area contributed by atoms with Gasteiger partial charge in [-0.25, -0.2) is 13.1 Å². The van der Waals surface area contributed by atoms with Gasteiger partial charge in [0.05, 0.1) is 16.0 Å². The first-order chi connectivity index (χ1) is 13.2. The molecule has 2 aromatic carbocycles. The molecule has 28 heavy (non-hydrogen) atoms. The van der Waals surface area contributed by atoms with Gasteiger partial charge in [-0.15, -0.1) is 0 Å². The van der Waals surface area contributed by atoms with Crippen LogP contribution in [0.25, 0.3) is 0 Å². The Bertz CT molecular complexity index is 1010. The molecule has 1 heterocycles. The topological polar surface area (TPSA) is 95.6 Å². The van der Waals surface area contributed by atoms with E-state index in [1.165, 1.54) is 23.8 Å². The first-order valence-corrected chi connectivity index (χ1v) is 10.5. The second-order valence-electron chi connectivity index (χ2n) is 6.92. The minimum Gasteiger partial charge on any atom is -0.301 e. The highest BCUT2D eigenvalue weighted by atomic mass is 32.2. The van der Waals surface area contributed by atoms with E-state index in [1.807, 2.05) is 43.3 Å². The average molecular weight is 401 g/mol. The molecule has 1 unspecified atom stereocenters. The minimum absolute atomic E-state index is 0.0464. The molecule has 0 spiro atoms. The van der Waals surface area contributed by atoms with Crippen molar-refractivity contribution in [1.29, 1.82) is 0 Å². The number of hydrogen-bond acceptors (Lipinski definition) is 5. The molecule has 0 saturated carbocycles. The first kappa shape index (κ1) is 20.2. The van der Waals surface area contributed by atoms with Crippen LogP contribution in [0.4, 0.5) is 0 Å². The quantitative estimate of drug-likeness (QED) is 0.689. The molecule has 2 amide bonds. The molecule has 2 aromatic rings. The van der Waals surface area contributed by atoms with Gasteiger partial charge in [0.25, 0.3) is 11.8 Å².